The van der Waals surface area contributed by atoms with Crippen LogP contribution in [-0.2, 0) is 12.1 Å². The molecule has 180 valence electrons. The Morgan fingerprint density at radius 2 is 1.83 bits per heavy atom. The monoisotopic (exact) mass is 471 g/mol. The summed E-state index contributed by atoms with van der Waals surface area (Å²) in [6.07, 6.45) is 3.12. The number of amidine groups is 1. The predicted octanol–water partition coefficient (Wildman–Crippen LogP) is 4.12. The summed E-state index contributed by atoms with van der Waals surface area (Å²) in [6, 6.07) is 16.0. The summed E-state index contributed by atoms with van der Waals surface area (Å²) in [6.45, 7) is 2.49. The molecule has 2 aliphatic heterocycles. The normalized spacial score (nSPS) is 19.7. The fraction of sp³-hybridized carbons (Fsp3) is 0.308. The van der Waals surface area contributed by atoms with Crippen LogP contribution in [0.5, 0.6) is 5.75 Å². The maximum atomic E-state index is 13.8. The van der Waals surface area contributed by atoms with Crippen molar-refractivity contribution < 1.29 is 9.53 Å². The minimum absolute atomic E-state index is 0.132. The van der Waals surface area contributed by atoms with Crippen LogP contribution in [0.4, 0.5) is 16.3 Å². The first kappa shape index (κ1) is 22.6. The van der Waals surface area contributed by atoms with Gasteiger partial charge in [-0.25, -0.2) is 19.8 Å². The van der Waals surface area contributed by atoms with Gasteiger partial charge in [-0.2, -0.15) is 0 Å². The van der Waals surface area contributed by atoms with Crippen molar-refractivity contribution >= 4 is 29.7 Å². The minimum atomic E-state index is -0.911. The first-order valence-electron chi connectivity index (χ1n) is 11.5. The van der Waals surface area contributed by atoms with Crippen LogP contribution >= 0.6 is 0 Å². The number of carbonyl (C=O) groups excluding carboxylic acids is 1. The summed E-state index contributed by atoms with van der Waals surface area (Å²) < 4.78 is 5.29. The van der Waals surface area contributed by atoms with Crippen molar-refractivity contribution in [3.8, 4) is 5.75 Å². The second-order valence-electron chi connectivity index (χ2n) is 9.05. The van der Waals surface area contributed by atoms with Crippen LogP contribution in [0.1, 0.15) is 29.7 Å². The van der Waals surface area contributed by atoms with Gasteiger partial charge in [0.05, 0.1) is 25.7 Å². The third-order valence-corrected chi connectivity index (χ3v) is 7.04. The highest BCUT2D eigenvalue weighted by Gasteiger charge is 2.60. The van der Waals surface area contributed by atoms with E-state index in [1.54, 1.807) is 23.2 Å². The molecule has 3 aromatic rings. The van der Waals surface area contributed by atoms with E-state index in [0.717, 1.165) is 28.3 Å². The van der Waals surface area contributed by atoms with Crippen LogP contribution in [0.15, 0.2) is 64.8 Å². The molecule has 0 aliphatic carbocycles. The topological polar surface area (TPSA) is 89.4 Å². The molecule has 1 saturated heterocycles. The van der Waals surface area contributed by atoms with E-state index in [-0.39, 0.29) is 11.9 Å². The molecule has 9 nitrogen and oxygen atoms in total. The zero-order chi connectivity index (χ0) is 24.7. The number of nitrogens with zero attached hydrogens (tertiary/aromatic N) is 6. The third kappa shape index (κ3) is 3.46. The maximum absolute atomic E-state index is 13.8. The number of ether oxygens (including phenoxy) is 1. The van der Waals surface area contributed by atoms with Gasteiger partial charge in [-0.3, -0.25) is 4.90 Å². The van der Waals surface area contributed by atoms with E-state index in [1.807, 2.05) is 45.4 Å². The van der Waals surface area contributed by atoms with Crippen molar-refractivity contribution in [2.75, 3.05) is 33.2 Å². The van der Waals surface area contributed by atoms with Gasteiger partial charge in [-0.1, -0.05) is 31.2 Å². The number of aromatic amines is 1. The van der Waals surface area contributed by atoms with Gasteiger partial charge in [0.15, 0.2) is 11.4 Å². The Morgan fingerprint density at radius 1 is 1.11 bits per heavy atom. The molecule has 2 amide bonds. The number of aliphatic imine (C=N–C) groups is 2. The average molecular weight is 472 g/mol. The second kappa shape index (κ2) is 8.57. The summed E-state index contributed by atoms with van der Waals surface area (Å²) >= 11 is 0. The van der Waals surface area contributed by atoms with Gasteiger partial charge in [0.25, 0.3) is 0 Å². The van der Waals surface area contributed by atoms with Crippen LogP contribution in [0.25, 0.3) is 0 Å². The second-order valence-corrected chi connectivity index (χ2v) is 9.05. The van der Waals surface area contributed by atoms with E-state index < -0.39 is 5.54 Å². The third-order valence-electron chi connectivity index (χ3n) is 7.04. The lowest BCUT2D eigenvalue weighted by molar-refractivity contribution is 0.167. The predicted molar refractivity (Wildman–Crippen MR) is 137 cm³/mol. The van der Waals surface area contributed by atoms with E-state index >= 15 is 0 Å². The minimum Gasteiger partial charge on any atom is -0.497 e. The number of hydrogen-bond acceptors (Lipinski definition) is 6. The molecule has 0 radical (unpaired) electrons. The van der Waals surface area contributed by atoms with Crippen molar-refractivity contribution in [1.82, 2.24) is 19.8 Å². The summed E-state index contributed by atoms with van der Waals surface area (Å²) in [7, 11) is 7.49. The Labute approximate surface area is 204 Å². The molecular weight excluding hydrogens is 442 g/mol. The molecule has 0 bridgehead atoms. The van der Waals surface area contributed by atoms with Crippen LogP contribution in [0.2, 0.25) is 0 Å². The molecule has 1 aromatic heterocycles. The van der Waals surface area contributed by atoms with Crippen molar-refractivity contribution in [3.63, 3.8) is 0 Å². The Balaban J connectivity index is 1.63. The fourth-order valence-electron chi connectivity index (χ4n) is 5.09. The zero-order valence-corrected chi connectivity index (χ0v) is 20.6. The van der Waals surface area contributed by atoms with Crippen molar-refractivity contribution in [2.24, 2.45) is 9.98 Å². The molecule has 5 rings (SSSR count). The highest BCUT2D eigenvalue weighted by molar-refractivity contribution is 6.13. The lowest BCUT2D eigenvalue weighted by atomic mass is 9.76. The number of amides is 2. The van der Waals surface area contributed by atoms with E-state index in [0.29, 0.717) is 18.2 Å². The molecule has 1 fully saturated rings. The lowest BCUT2D eigenvalue weighted by Crippen LogP contribution is -2.49. The highest BCUT2D eigenvalue weighted by atomic mass is 16.5. The molecule has 2 unspecified atom stereocenters. The number of imidazole rings is 1. The maximum Gasteiger partial charge on any atom is 0.326 e. The number of aromatic nitrogens is 2. The SMILES string of the molecule is COc1ccc(CN2C(=O)N(C)C3(C(C)c4ccc(N(C)C)cc4)C2=NC=Nc2nc[nH]c23)cc1. The number of anilines is 1. The average Bonchev–Trinajstić information content (AvgIpc) is 3.37. The van der Waals surface area contributed by atoms with Crippen molar-refractivity contribution in [1.29, 1.82) is 0 Å². The van der Waals surface area contributed by atoms with Crippen molar-refractivity contribution in [2.45, 2.75) is 24.9 Å². The van der Waals surface area contributed by atoms with Crippen LogP contribution in [0.3, 0.4) is 0 Å². The van der Waals surface area contributed by atoms with Crippen LogP contribution in [0, 0.1) is 0 Å². The smallest absolute Gasteiger partial charge is 0.326 e. The molecule has 35 heavy (non-hydrogen) atoms. The van der Waals surface area contributed by atoms with Gasteiger partial charge < -0.3 is 19.5 Å². The van der Waals surface area contributed by atoms with Gasteiger partial charge in [-0.15, -0.1) is 0 Å². The standard InChI is InChI=1S/C26H29N7O2/c1-17(19-8-10-20(11-9-19)31(2)3)26-22-23(28-15-27-22)29-16-30-24(26)33(25(34)32(26)4)14-18-6-12-21(35-5)13-7-18/h6-13,15-17H,14H2,1-5H3,(H,27,28). The van der Waals surface area contributed by atoms with Gasteiger partial charge in [0.2, 0.25) is 0 Å². The van der Waals surface area contributed by atoms with Gasteiger partial charge in [-0.05, 0) is 35.4 Å². The molecule has 2 aliphatic rings. The number of fused-ring (bicyclic) bond motifs is 3. The van der Waals surface area contributed by atoms with Crippen LogP contribution in [-0.4, -0.2) is 66.2 Å². The number of urea groups is 1. The number of likely N-dealkylation sites (N-methyl/N-ethyl adjacent to an activating group) is 1. The summed E-state index contributed by atoms with van der Waals surface area (Å²) in [5, 5.41) is 0. The number of benzene rings is 2. The molecule has 1 N–H and O–H groups in total. The Hall–Kier alpha value is -4.14. The number of carbonyl (C=O) groups is 1. The van der Waals surface area contributed by atoms with Gasteiger partial charge in [0, 0.05) is 32.7 Å². The number of H-pyrrole nitrogens is 1. The van der Waals surface area contributed by atoms with E-state index in [1.165, 1.54) is 6.34 Å². The largest absolute Gasteiger partial charge is 0.497 e. The number of rotatable bonds is 6. The first-order valence-corrected chi connectivity index (χ1v) is 11.5. The van der Waals surface area contributed by atoms with E-state index in [2.05, 4.69) is 51.0 Å². The highest BCUT2D eigenvalue weighted by Crippen LogP contribution is 2.50. The Kier molecular flexibility index (Phi) is 5.55. The molecule has 2 atom stereocenters. The summed E-state index contributed by atoms with van der Waals surface area (Å²) in [5.41, 5.74) is 3.00. The number of hydrogen-bond donors (Lipinski definition) is 1. The molecule has 9 heteroatoms. The molecule has 0 spiro atoms. The Morgan fingerprint density at radius 3 is 2.49 bits per heavy atom. The quantitative estimate of drug-likeness (QED) is 0.586. The van der Waals surface area contributed by atoms with E-state index in [9.17, 15) is 4.79 Å². The van der Waals surface area contributed by atoms with E-state index in [4.69, 9.17) is 9.73 Å². The number of methoxy groups -OCH3 is 1. The molecular formula is C26H29N7O2. The van der Waals surface area contributed by atoms with Gasteiger partial charge in [0.1, 0.15) is 17.9 Å². The molecule has 2 aromatic carbocycles. The van der Waals surface area contributed by atoms with Gasteiger partial charge >= 0.3 is 6.03 Å². The zero-order valence-electron chi connectivity index (χ0n) is 20.6. The summed E-state index contributed by atoms with van der Waals surface area (Å²) in [5.74, 6) is 1.78. The molecule has 3 heterocycles. The summed E-state index contributed by atoms with van der Waals surface area (Å²) in [4.78, 5) is 36.3. The van der Waals surface area contributed by atoms with Crippen molar-refractivity contribution in [3.05, 3.63) is 71.7 Å². The fourth-order valence-corrected chi connectivity index (χ4v) is 5.09. The Bertz CT molecular complexity index is 1290. The first-order chi connectivity index (χ1) is 16.9. The van der Waals surface area contributed by atoms with Crippen LogP contribution < -0.4 is 9.64 Å². The lowest BCUT2D eigenvalue weighted by Gasteiger charge is -2.39. The number of nitrogens with one attached hydrogen (secondary N) is 1. The molecule has 0 saturated carbocycles.